The number of benzene rings is 1. The van der Waals surface area contributed by atoms with E-state index in [1.807, 2.05) is 13.8 Å². The molecule has 1 saturated carbocycles. The molecule has 1 unspecified atom stereocenters. The van der Waals surface area contributed by atoms with E-state index in [1.54, 1.807) is 35.9 Å². The van der Waals surface area contributed by atoms with Crippen molar-refractivity contribution in [2.75, 3.05) is 5.32 Å². The molecule has 1 fully saturated rings. The van der Waals surface area contributed by atoms with E-state index < -0.39 is 16.8 Å². The summed E-state index contributed by atoms with van der Waals surface area (Å²) in [6, 6.07) is 6.23. The minimum atomic E-state index is -1.64. The van der Waals surface area contributed by atoms with Crippen LogP contribution in [-0.2, 0) is 11.0 Å². The summed E-state index contributed by atoms with van der Waals surface area (Å²) in [7, 11) is -1.64. The number of pyridine rings is 1. The average molecular weight is 444 g/mol. The predicted octanol–water partition coefficient (Wildman–Crippen LogP) is 4.12. The third-order valence-electron chi connectivity index (χ3n) is 5.42. The summed E-state index contributed by atoms with van der Waals surface area (Å²) in [4.78, 5) is 21.6. The quantitative estimate of drug-likeness (QED) is 0.598. The molecule has 31 heavy (non-hydrogen) atoms. The standard InChI is InChI=1S/C22H26FN5O2S/c1-13(2)27-31(30)19-10-14(3)18(11-17(19)23)25-22-24-12-15-8-9-20(29)28(21(15)26-22)16-6-4-5-7-16/h8-13,16,27H,4-7H2,1-3H3,(H,24,25,26). The maximum atomic E-state index is 14.6. The van der Waals surface area contributed by atoms with Gasteiger partial charge < -0.3 is 5.32 Å². The average Bonchev–Trinajstić information content (AvgIpc) is 3.24. The van der Waals surface area contributed by atoms with E-state index in [4.69, 9.17) is 0 Å². The molecule has 0 aliphatic heterocycles. The van der Waals surface area contributed by atoms with E-state index in [9.17, 15) is 13.4 Å². The van der Waals surface area contributed by atoms with Crippen LogP contribution in [0.3, 0.4) is 0 Å². The van der Waals surface area contributed by atoms with E-state index in [1.165, 1.54) is 6.07 Å². The molecule has 9 heteroatoms. The van der Waals surface area contributed by atoms with Gasteiger partial charge in [0, 0.05) is 35.4 Å². The summed E-state index contributed by atoms with van der Waals surface area (Å²) >= 11 is 0. The summed E-state index contributed by atoms with van der Waals surface area (Å²) in [6.07, 6.45) is 5.78. The zero-order chi connectivity index (χ0) is 22.1. The molecule has 0 bridgehead atoms. The molecule has 4 rings (SSSR count). The number of nitrogens with one attached hydrogen (secondary N) is 2. The van der Waals surface area contributed by atoms with Crippen LogP contribution < -0.4 is 15.6 Å². The highest BCUT2D eigenvalue weighted by Gasteiger charge is 2.21. The monoisotopic (exact) mass is 443 g/mol. The fourth-order valence-corrected chi connectivity index (χ4v) is 5.02. The molecule has 1 aliphatic carbocycles. The number of fused-ring (bicyclic) bond motifs is 1. The lowest BCUT2D eigenvalue weighted by molar-refractivity contribution is 0.516. The van der Waals surface area contributed by atoms with Gasteiger partial charge in [0.25, 0.3) is 5.56 Å². The lowest BCUT2D eigenvalue weighted by Crippen LogP contribution is -2.25. The number of anilines is 2. The van der Waals surface area contributed by atoms with E-state index >= 15 is 0 Å². The van der Waals surface area contributed by atoms with Gasteiger partial charge >= 0.3 is 0 Å². The molecular formula is C22H26FN5O2S. The Morgan fingerprint density at radius 3 is 2.68 bits per heavy atom. The van der Waals surface area contributed by atoms with Crippen LogP contribution in [0.2, 0.25) is 0 Å². The van der Waals surface area contributed by atoms with Gasteiger partial charge in [0.15, 0.2) is 0 Å². The van der Waals surface area contributed by atoms with Crippen molar-refractivity contribution in [3.63, 3.8) is 0 Å². The molecule has 0 radical (unpaired) electrons. The molecule has 1 aromatic carbocycles. The second-order valence-corrected chi connectivity index (χ2v) is 9.43. The van der Waals surface area contributed by atoms with Crippen LogP contribution in [0.15, 0.2) is 40.2 Å². The van der Waals surface area contributed by atoms with Crippen molar-refractivity contribution >= 4 is 33.7 Å². The summed E-state index contributed by atoms with van der Waals surface area (Å²) in [5.74, 6) is -0.301. The van der Waals surface area contributed by atoms with Crippen LogP contribution in [0.25, 0.3) is 11.0 Å². The Bertz CT molecular complexity index is 1200. The fraction of sp³-hybridized carbons (Fsp3) is 0.409. The summed E-state index contributed by atoms with van der Waals surface area (Å²) < 4.78 is 31.5. The first-order chi connectivity index (χ1) is 14.8. The number of hydrogen-bond donors (Lipinski definition) is 2. The Balaban J connectivity index is 1.69. The minimum absolute atomic E-state index is 0.0400. The zero-order valence-electron chi connectivity index (χ0n) is 17.8. The minimum Gasteiger partial charge on any atom is -0.324 e. The van der Waals surface area contributed by atoms with E-state index in [0.29, 0.717) is 16.9 Å². The zero-order valence-corrected chi connectivity index (χ0v) is 18.6. The number of nitrogens with zero attached hydrogens (tertiary/aromatic N) is 3. The van der Waals surface area contributed by atoms with Crippen LogP contribution in [0.1, 0.15) is 51.1 Å². The molecule has 2 aromatic heterocycles. The predicted molar refractivity (Wildman–Crippen MR) is 120 cm³/mol. The number of halogens is 1. The second-order valence-electron chi connectivity index (χ2n) is 8.22. The highest BCUT2D eigenvalue weighted by molar-refractivity contribution is 7.83. The van der Waals surface area contributed by atoms with Gasteiger partial charge in [0.05, 0.1) is 4.90 Å². The molecule has 7 nitrogen and oxygen atoms in total. The van der Waals surface area contributed by atoms with Gasteiger partial charge in [-0.3, -0.25) is 9.36 Å². The van der Waals surface area contributed by atoms with E-state index in [0.717, 1.165) is 31.1 Å². The second kappa shape index (κ2) is 8.84. The maximum Gasteiger partial charge on any atom is 0.252 e. The van der Waals surface area contributed by atoms with Gasteiger partial charge in [-0.1, -0.05) is 12.8 Å². The van der Waals surface area contributed by atoms with Crippen molar-refractivity contribution in [2.24, 2.45) is 0 Å². The van der Waals surface area contributed by atoms with E-state index in [-0.39, 0.29) is 28.5 Å². The van der Waals surface area contributed by atoms with Crippen LogP contribution in [0.5, 0.6) is 0 Å². The van der Waals surface area contributed by atoms with E-state index in [2.05, 4.69) is 20.0 Å². The lowest BCUT2D eigenvalue weighted by atomic mass is 10.2. The smallest absolute Gasteiger partial charge is 0.252 e. The molecule has 1 atom stereocenters. The van der Waals surface area contributed by atoms with Gasteiger partial charge in [-0.25, -0.2) is 18.3 Å². The lowest BCUT2D eigenvalue weighted by Gasteiger charge is -2.17. The molecule has 0 saturated heterocycles. The molecular weight excluding hydrogens is 417 g/mol. The third kappa shape index (κ3) is 4.52. The Morgan fingerprint density at radius 2 is 1.97 bits per heavy atom. The first kappa shape index (κ1) is 21.6. The summed E-state index contributed by atoms with van der Waals surface area (Å²) in [5, 5.41) is 3.84. The molecule has 0 spiro atoms. The van der Waals surface area contributed by atoms with Gasteiger partial charge in [0.2, 0.25) is 5.95 Å². The van der Waals surface area contributed by atoms with Crippen molar-refractivity contribution in [3.05, 3.63) is 52.2 Å². The largest absolute Gasteiger partial charge is 0.324 e. The van der Waals surface area contributed by atoms with Gasteiger partial charge in [-0.05, 0) is 57.4 Å². The van der Waals surface area contributed by atoms with Crippen LogP contribution in [0.4, 0.5) is 16.0 Å². The normalized spacial score (nSPS) is 15.6. The van der Waals surface area contributed by atoms with Crippen LogP contribution in [0, 0.1) is 12.7 Å². The van der Waals surface area contributed by atoms with Crippen LogP contribution >= 0.6 is 0 Å². The Labute approximate surface area is 182 Å². The number of aromatic nitrogens is 3. The first-order valence-corrected chi connectivity index (χ1v) is 11.6. The molecule has 2 heterocycles. The number of hydrogen-bond acceptors (Lipinski definition) is 5. The Kier molecular flexibility index (Phi) is 6.15. The van der Waals surface area contributed by atoms with Gasteiger partial charge in [0.1, 0.15) is 22.5 Å². The van der Waals surface area contributed by atoms with Crippen molar-refractivity contribution in [3.8, 4) is 0 Å². The SMILES string of the molecule is Cc1cc(S(=O)NC(C)C)c(F)cc1Nc1ncc2ccc(=O)n(C3CCCC3)c2n1. The fourth-order valence-electron chi connectivity index (χ4n) is 3.94. The van der Waals surface area contributed by atoms with Crippen molar-refractivity contribution in [1.82, 2.24) is 19.3 Å². The van der Waals surface area contributed by atoms with Crippen LogP contribution in [-0.4, -0.2) is 24.8 Å². The van der Waals surface area contributed by atoms with Crippen molar-refractivity contribution in [2.45, 2.75) is 63.4 Å². The first-order valence-electron chi connectivity index (χ1n) is 10.5. The van der Waals surface area contributed by atoms with Crippen molar-refractivity contribution in [1.29, 1.82) is 0 Å². The van der Waals surface area contributed by atoms with Crippen molar-refractivity contribution < 1.29 is 8.60 Å². The molecule has 0 amide bonds. The highest BCUT2D eigenvalue weighted by atomic mass is 32.2. The maximum absolute atomic E-state index is 14.6. The summed E-state index contributed by atoms with van der Waals surface area (Å²) in [6.45, 7) is 5.50. The van der Waals surface area contributed by atoms with Gasteiger partial charge in [-0.2, -0.15) is 4.98 Å². The number of rotatable bonds is 6. The topological polar surface area (TPSA) is 88.9 Å². The Morgan fingerprint density at radius 1 is 1.23 bits per heavy atom. The molecule has 1 aliphatic rings. The summed E-state index contributed by atoms with van der Waals surface area (Å²) in [5.41, 5.74) is 1.69. The van der Waals surface area contributed by atoms with Gasteiger partial charge in [-0.15, -0.1) is 0 Å². The molecule has 3 aromatic rings. The molecule has 2 N–H and O–H groups in total. The molecule has 164 valence electrons. The Hall–Kier alpha value is -2.65. The number of aryl methyl sites for hydroxylation is 1. The third-order valence-corrected chi connectivity index (χ3v) is 6.82. The highest BCUT2D eigenvalue weighted by Crippen LogP contribution is 2.31.